The number of phenols is 2. The summed E-state index contributed by atoms with van der Waals surface area (Å²) in [5, 5.41) is 56.2. The average Bonchev–Trinajstić information content (AvgIpc) is 3.17. The Bertz CT molecular complexity index is 1960. The number of hydrogen-bond acceptors (Lipinski definition) is 17. The summed E-state index contributed by atoms with van der Waals surface area (Å²) in [5.41, 5.74) is -3.73. The Morgan fingerprint density at radius 1 is 0.879 bits per heavy atom. The number of phenolic OH excluding ortho intramolecular Hbond substituents is 2. The molecule has 2 aromatic rings. The lowest BCUT2D eigenvalue weighted by Crippen LogP contribution is -2.58. The van der Waals surface area contributed by atoms with Crippen molar-refractivity contribution in [1.82, 2.24) is 4.90 Å². The average molecular weight is 814 g/mol. The highest BCUT2D eigenvalue weighted by Crippen LogP contribution is 2.52. The Labute approximate surface area is 334 Å². The molecule has 5 N–H and O–H groups in total. The number of methoxy groups -OCH3 is 1. The van der Waals surface area contributed by atoms with E-state index >= 15 is 0 Å². The van der Waals surface area contributed by atoms with Crippen molar-refractivity contribution in [2.45, 2.75) is 133 Å². The number of ketones is 4. The fourth-order valence-corrected chi connectivity index (χ4v) is 8.98. The van der Waals surface area contributed by atoms with Crippen LogP contribution >= 0.6 is 0 Å². The molecule has 58 heavy (non-hydrogen) atoms. The molecule has 0 amide bonds. The molecule has 0 radical (unpaired) electrons. The first-order chi connectivity index (χ1) is 27.5. The number of rotatable bonds is 10. The molecule has 17 heteroatoms. The van der Waals surface area contributed by atoms with E-state index in [1.807, 2.05) is 19.0 Å². The topological polar surface area (TPSA) is 237 Å². The zero-order chi connectivity index (χ0) is 42.0. The number of ether oxygens (including phenoxy) is 7. The summed E-state index contributed by atoms with van der Waals surface area (Å²) in [6.45, 7) is 4.13. The number of hydrogen-bond donors (Lipinski definition) is 5. The van der Waals surface area contributed by atoms with Crippen molar-refractivity contribution in [3.63, 3.8) is 0 Å². The number of fused-ring (bicyclic) bond motifs is 3. The Kier molecular flexibility index (Phi) is 11.9. The molecule has 17 nitrogen and oxygen atoms in total. The number of benzene rings is 2. The van der Waals surface area contributed by atoms with E-state index < -0.39 is 133 Å². The van der Waals surface area contributed by atoms with E-state index in [0.717, 1.165) is 0 Å². The van der Waals surface area contributed by atoms with Crippen molar-refractivity contribution in [2.75, 3.05) is 27.8 Å². The zero-order valence-electron chi connectivity index (χ0n) is 33.2. The number of aliphatic hydroxyl groups is 3. The number of carbonyl (C=O) groups is 4. The minimum absolute atomic E-state index is 0.00593. The van der Waals surface area contributed by atoms with Crippen LogP contribution in [-0.2, 0) is 44.4 Å². The van der Waals surface area contributed by atoms with Crippen LogP contribution in [-0.4, -0.2) is 149 Å². The minimum Gasteiger partial charge on any atom is -0.507 e. The van der Waals surface area contributed by atoms with Crippen molar-refractivity contribution in [3.05, 3.63) is 51.6 Å². The summed E-state index contributed by atoms with van der Waals surface area (Å²) in [6.07, 6.45) is -8.36. The maximum atomic E-state index is 14.0. The molecule has 7 rings (SSSR count). The largest absolute Gasteiger partial charge is 0.507 e. The van der Waals surface area contributed by atoms with Gasteiger partial charge in [0.25, 0.3) is 0 Å². The molecule has 3 saturated heterocycles. The van der Waals surface area contributed by atoms with Gasteiger partial charge in [-0.25, -0.2) is 0 Å². The Hall–Kier alpha value is -3.88. The molecule has 0 bridgehead atoms. The zero-order valence-corrected chi connectivity index (χ0v) is 33.2. The molecule has 3 fully saturated rings. The molecular formula is C41H51NO16. The molecule has 12 atom stereocenters. The summed E-state index contributed by atoms with van der Waals surface area (Å²) in [4.78, 5) is 54.7. The SMILES string of the molecule is COc1cccc2c1C(=O)c1c(O)c3c(c(O)c1C2=O)CC(O)(C(=O)CO)CC3OC1CC(N(C)C)C(OC2CC(O)C(OC3CCC(=O)C(C)O3)C(C)O2)C(C)O1. The van der Waals surface area contributed by atoms with E-state index in [1.165, 1.54) is 25.3 Å². The molecule has 3 aliphatic heterocycles. The highest BCUT2D eigenvalue weighted by atomic mass is 16.7. The molecule has 316 valence electrons. The maximum absolute atomic E-state index is 14.0. The van der Waals surface area contributed by atoms with E-state index in [-0.39, 0.29) is 46.6 Å². The molecule has 5 aliphatic rings. The molecule has 0 saturated carbocycles. The van der Waals surface area contributed by atoms with Gasteiger partial charge in [0.2, 0.25) is 5.78 Å². The first kappa shape index (κ1) is 42.3. The van der Waals surface area contributed by atoms with Gasteiger partial charge in [0.1, 0.15) is 47.8 Å². The van der Waals surface area contributed by atoms with Crippen LogP contribution in [0.3, 0.4) is 0 Å². The van der Waals surface area contributed by atoms with Gasteiger partial charge in [-0.15, -0.1) is 0 Å². The maximum Gasteiger partial charge on any atom is 0.202 e. The fourth-order valence-electron chi connectivity index (χ4n) is 8.98. The van der Waals surface area contributed by atoms with E-state index in [0.29, 0.717) is 12.8 Å². The monoisotopic (exact) mass is 813 g/mol. The Balaban J connectivity index is 1.13. The molecule has 2 aromatic carbocycles. The van der Waals surface area contributed by atoms with E-state index in [9.17, 15) is 44.7 Å². The second-order valence-corrected chi connectivity index (χ2v) is 16.0. The Morgan fingerprint density at radius 3 is 2.17 bits per heavy atom. The minimum atomic E-state index is -2.30. The van der Waals surface area contributed by atoms with Crippen molar-refractivity contribution < 1.29 is 77.9 Å². The number of aromatic hydroxyl groups is 2. The first-order valence-corrected chi connectivity index (χ1v) is 19.5. The van der Waals surface area contributed by atoms with Gasteiger partial charge in [-0.1, -0.05) is 12.1 Å². The molecule has 12 unspecified atom stereocenters. The van der Waals surface area contributed by atoms with Crippen LogP contribution in [0.2, 0.25) is 0 Å². The lowest BCUT2D eigenvalue weighted by molar-refractivity contribution is -0.324. The van der Waals surface area contributed by atoms with Gasteiger partial charge in [-0.2, -0.15) is 0 Å². The summed E-state index contributed by atoms with van der Waals surface area (Å²) in [5.74, 6) is -3.84. The predicted octanol–water partition coefficient (Wildman–Crippen LogP) is 1.60. The molecule has 2 aliphatic carbocycles. The standard InChI is InChI=1S/C41H51NO16/c1-17-23(44)10-11-28(53-17)57-40-19(3)55-30(13-24(40)45)58-39-18(2)54-29(12-22(39)42(4)5)56-26-15-41(51,27(46)16-43)14-21-32(26)38(50)34-33(36(21)48)35(47)20-8-7-9-25(52-6)31(20)37(34)49/h7-9,17-19,22,24,26,28-30,39-40,43,45,48,50-51H,10-16H2,1-6H3. The van der Waals surface area contributed by atoms with Crippen molar-refractivity contribution in [1.29, 1.82) is 0 Å². The third-order valence-corrected chi connectivity index (χ3v) is 12.1. The smallest absolute Gasteiger partial charge is 0.202 e. The van der Waals surface area contributed by atoms with Crippen LogP contribution in [0, 0.1) is 0 Å². The van der Waals surface area contributed by atoms with Crippen LogP contribution < -0.4 is 4.74 Å². The number of likely N-dealkylation sites (N-methyl/N-ethyl adjacent to an activating group) is 1. The molecule has 3 heterocycles. The highest BCUT2D eigenvalue weighted by Gasteiger charge is 2.51. The molecule has 0 aromatic heterocycles. The second kappa shape index (κ2) is 16.3. The number of nitrogens with zero attached hydrogens (tertiary/aromatic N) is 1. The number of carbonyl (C=O) groups excluding carboxylic acids is 4. The lowest BCUT2D eigenvalue weighted by Gasteiger charge is -2.47. The van der Waals surface area contributed by atoms with Gasteiger partial charge in [0.05, 0.1) is 48.2 Å². The normalized spacial score (nSPS) is 35.0. The summed E-state index contributed by atoms with van der Waals surface area (Å²) in [6, 6.07) is 3.98. The molecule has 0 spiro atoms. The second-order valence-electron chi connectivity index (χ2n) is 16.0. The fraction of sp³-hybridized carbons (Fsp3) is 0.610. The van der Waals surface area contributed by atoms with E-state index in [2.05, 4.69) is 0 Å². The lowest BCUT2D eigenvalue weighted by atomic mass is 9.72. The third-order valence-electron chi connectivity index (χ3n) is 12.1. The summed E-state index contributed by atoms with van der Waals surface area (Å²) >= 11 is 0. The van der Waals surface area contributed by atoms with Gasteiger partial charge in [-0.3, -0.25) is 19.2 Å². The van der Waals surface area contributed by atoms with Crippen LogP contribution in [0.4, 0.5) is 0 Å². The summed E-state index contributed by atoms with van der Waals surface area (Å²) in [7, 11) is 4.98. The van der Waals surface area contributed by atoms with Gasteiger partial charge in [0, 0.05) is 61.3 Å². The van der Waals surface area contributed by atoms with Crippen molar-refractivity contribution >= 4 is 23.1 Å². The van der Waals surface area contributed by atoms with Crippen LogP contribution in [0.5, 0.6) is 17.2 Å². The van der Waals surface area contributed by atoms with Gasteiger partial charge in [0.15, 0.2) is 36.2 Å². The van der Waals surface area contributed by atoms with Crippen molar-refractivity contribution in [3.8, 4) is 17.2 Å². The van der Waals surface area contributed by atoms with E-state index in [1.54, 1.807) is 20.8 Å². The van der Waals surface area contributed by atoms with Gasteiger partial charge < -0.3 is 63.6 Å². The third kappa shape index (κ3) is 7.46. The summed E-state index contributed by atoms with van der Waals surface area (Å²) < 4.78 is 42.5. The van der Waals surface area contributed by atoms with Gasteiger partial charge >= 0.3 is 0 Å². The predicted molar refractivity (Wildman–Crippen MR) is 199 cm³/mol. The van der Waals surface area contributed by atoms with Crippen molar-refractivity contribution in [2.24, 2.45) is 0 Å². The highest BCUT2D eigenvalue weighted by molar-refractivity contribution is 6.31. The van der Waals surface area contributed by atoms with Gasteiger partial charge in [-0.05, 0) is 40.9 Å². The van der Waals surface area contributed by atoms with Crippen LogP contribution in [0.25, 0.3) is 0 Å². The number of aliphatic hydroxyl groups excluding tert-OH is 2. The van der Waals surface area contributed by atoms with Crippen LogP contribution in [0.15, 0.2) is 18.2 Å². The number of Topliss-reactive ketones (excluding diaryl/α,β-unsaturated/α-hetero) is 2. The van der Waals surface area contributed by atoms with Crippen LogP contribution in [0.1, 0.15) is 102 Å². The van der Waals surface area contributed by atoms with E-state index in [4.69, 9.17) is 33.2 Å². The quantitative estimate of drug-likeness (QED) is 0.183. The Morgan fingerprint density at radius 2 is 1.53 bits per heavy atom. The first-order valence-electron chi connectivity index (χ1n) is 19.5. The molecular weight excluding hydrogens is 762 g/mol.